The first-order valence-corrected chi connectivity index (χ1v) is 9.22. The molecule has 1 heterocycles. The Hall–Kier alpha value is -3.00. The van der Waals surface area contributed by atoms with Gasteiger partial charge in [-0.05, 0) is 45.0 Å². The quantitative estimate of drug-likeness (QED) is 0.541. The van der Waals surface area contributed by atoms with Crippen LogP contribution in [0.3, 0.4) is 0 Å². The summed E-state index contributed by atoms with van der Waals surface area (Å²) in [4.78, 5) is 12.9. The van der Waals surface area contributed by atoms with Crippen molar-refractivity contribution in [2.24, 2.45) is 0 Å². The first kappa shape index (κ1) is 21.7. The minimum absolute atomic E-state index is 0.0157. The van der Waals surface area contributed by atoms with Crippen molar-refractivity contribution in [3.8, 4) is 5.75 Å². The molecule has 3 rings (SSSR count). The van der Waals surface area contributed by atoms with E-state index in [1.807, 2.05) is 0 Å². The number of rotatable bonds is 5. The topological polar surface area (TPSA) is 49.7 Å². The highest BCUT2D eigenvalue weighted by molar-refractivity contribution is 5.95. The maximum atomic E-state index is 14.2. The van der Waals surface area contributed by atoms with Gasteiger partial charge in [0.15, 0.2) is 0 Å². The molecule has 0 bridgehead atoms. The Morgan fingerprint density at radius 1 is 1.00 bits per heavy atom. The summed E-state index contributed by atoms with van der Waals surface area (Å²) in [5, 5.41) is 0.391. The fourth-order valence-electron chi connectivity index (χ4n) is 3.01. The summed E-state index contributed by atoms with van der Waals surface area (Å²) in [6.45, 7) is 4.95. The molecule has 0 atom stereocenters. The van der Waals surface area contributed by atoms with Crippen LogP contribution in [0.15, 0.2) is 36.4 Å². The lowest BCUT2D eigenvalue weighted by Crippen LogP contribution is -2.28. The van der Waals surface area contributed by atoms with Gasteiger partial charge in [0.2, 0.25) is 0 Å². The van der Waals surface area contributed by atoms with E-state index in [0.29, 0.717) is 11.1 Å². The highest BCUT2D eigenvalue weighted by Crippen LogP contribution is 2.32. The first-order chi connectivity index (χ1) is 14.1. The maximum absolute atomic E-state index is 14.2. The third kappa shape index (κ3) is 4.76. The number of carbonyl (C=O) groups excluding carboxylic acids is 1. The summed E-state index contributed by atoms with van der Waals surface area (Å²) < 4.78 is 58.8. The van der Waals surface area contributed by atoms with Gasteiger partial charge in [-0.1, -0.05) is 0 Å². The molecule has 0 spiro atoms. The molecular weight excluding hydrogens is 399 g/mol. The average Bonchev–Trinajstić information content (AvgIpc) is 2.97. The molecular formula is C22H22F3NO4. The molecule has 3 aromatic rings. The van der Waals surface area contributed by atoms with Crippen LogP contribution in [-0.2, 0) is 22.7 Å². The van der Waals surface area contributed by atoms with E-state index < -0.39 is 29.1 Å². The van der Waals surface area contributed by atoms with Crippen LogP contribution in [0, 0.1) is 17.5 Å². The number of aromatic nitrogens is 1. The molecule has 0 saturated heterocycles. The second-order valence-corrected chi connectivity index (χ2v) is 7.75. The monoisotopic (exact) mass is 421 g/mol. The van der Waals surface area contributed by atoms with Crippen LogP contribution in [0.1, 0.15) is 32.0 Å². The normalized spacial score (nSPS) is 11.7. The summed E-state index contributed by atoms with van der Waals surface area (Å²) in [6.07, 6.45) is -0.686. The van der Waals surface area contributed by atoms with Crippen molar-refractivity contribution in [1.29, 1.82) is 0 Å². The molecule has 160 valence electrons. The predicted octanol–water partition coefficient (Wildman–Crippen LogP) is 5.57. The zero-order valence-electron chi connectivity index (χ0n) is 17.1. The van der Waals surface area contributed by atoms with Crippen LogP contribution < -0.4 is 4.74 Å². The van der Waals surface area contributed by atoms with Crippen LogP contribution in [-0.4, -0.2) is 23.4 Å². The Morgan fingerprint density at radius 2 is 1.73 bits per heavy atom. The summed E-state index contributed by atoms with van der Waals surface area (Å²) >= 11 is 0. The average molecular weight is 421 g/mol. The van der Waals surface area contributed by atoms with Crippen LogP contribution in [0.4, 0.5) is 18.0 Å². The number of hydrogen-bond acceptors (Lipinski definition) is 4. The van der Waals surface area contributed by atoms with E-state index in [0.717, 1.165) is 18.2 Å². The SMILES string of the molecule is COCc1cc2cc(F)cc(OCc3ccc(F)cc3F)c2n1C(=O)OC(C)(C)C. The largest absolute Gasteiger partial charge is 0.486 e. The minimum atomic E-state index is -0.787. The van der Waals surface area contributed by atoms with Gasteiger partial charge in [-0.2, -0.15) is 0 Å². The lowest BCUT2D eigenvalue weighted by atomic mass is 10.2. The third-order valence-electron chi connectivity index (χ3n) is 4.17. The van der Waals surface area contributed by atoms with E-state index >= 15 is 0 Å². The standard InChI is InChI=1S/C22H22F3NO4/c1-22(2,3)30-21(27)26-17(12-28-4)8-14-7-16(24)10-19(20(14)26)29-11-13-5-6-15(23)9-18(13)25/h5-10H,11-12H2,1-4H3. The number of benzene rings is 2. The van der Waals surface area contributed by atoms with Gasteiger partial charge in [0.05, 0.1) is 12.3 Å². The first-order valence-electron chi connectivity index (χ1n) is 9.22. The van der Waals surface area contributed by atoms with E-state index in [1.165, 1.54) is 23.8 Å². The van der Waals surface area contributed by atoms with Crippen molar-refractivity contribution < 1.29 is 32.2 Å². The number of halogens is 3. The molecule has 8 heteroatoms. The molecule has 0 aliphatic rings. The predicted molar refractivity (Wildman–Crippen MR) is 105 cm³/mol. The van der Waals surface area contributed by atoms with Gasteiger partial charge in [0, 0.05) is 30.2 Å². The number of ether oxygens (including phenoxy) is 3. The number of fused-ring (bicyclic) bond motifs is 1. The molecule has 2 aromatic carbocycles. The lowest BCUT2D eigenvalue weighted by Gasteiger charge is -2.21. The van der Waals surface area contributed by atoms with Crippen molar-refractivity contribution in [2.45, 2.75) is 39.6 Å². The van der Waals surface area contributed by atoms with E-state index in [-0.39, 0.29) is 30.0 Å². The fourth-order valence-corrected chi connectivity index (χ4v) is 3.01. The molecule has 0 fully saturated rings. The molecule has 0 aliphatic heterocycles. The highest BCUT2D eigenvalue weighted by Gasteiger charge is 2.25. The Balaban J connectivity index is 2.07. The Kier molecular flexibility index (Phi) is 6.07. The molecule has 0 unspecified atom stereocenters. The number of methoxy groups -OCH3 is 1. The van der Waals surface area contributed by atoms with Crippen LogP contribution >= 0.6 is 0 Å². The number of carbonyl (C=O) groups is 1. The van der Waals surface area contributed by atoms with Gasteiger partial charge in [-0.15, -0.1) is 0 Å². The molecule has 0 radical (unpaired) electrons. The smallest absolute Gasteiger partial charge is 0.419 e. The van der Waals surface area contributed by atoms with Gasteiger partial charge in [0.1, 0.15) is 40.9 Å². The van der Waals surface area contributed by atoms with E-state index in [4.69, 9.17) is 14.2 Å². The minimum Gasteiger partial charge on any atom is -0.486 e. The van der Waals surface area contributed by atoms with Crippen LogP contribution in [0.2, 0.25) is 0 Å². The zero-order valence-corrected chi connectivity index (χ0v) is 17.1. The van der Waals surface area contributed by atoms with Gasteiger partial charge in [-0.25, -0.2) is 22.5 Å². The molecule has 0 aliphatic carbocycles. The van der Waals surface area contributed by atoms with Gasteiger partial charge in [0.25, 0.3) is 0 Å². The maximum Gasteiger partial charge on any atom is 0.419 e. The second kappa shape index (κ2) is 8.39. The van der Waals surface area contributed by atoms with Crippen molar-refractivity contribution in [3.05, 3.63) is 65.1 Å². The molecule has 5 nitrogen and oxygen atoms in total. The fraction of sp³-hybridized carbons (Fsp3) is 0.318. The summed E-state index contributed by atoms with van der Waals surface area (Å²) in [5.74, 6) is -2.08. The summed E-state index contributed by atoms with van der Waals surface area (Å²) in [7, 11) is 1.46. The molecule has 0 amide bonds. The van der Waals surface area contributed by atoms with Gasteiger partial charge < -0.3 is 14.2 Å². The van der Waals surface area contributed by atoms with E-state index in [2.05, 4.69) is 0 Å². The number of hydrogen-bond donors (Lipinski definition) is 0. The number of nitrogens with zero attached hydrogens (tertiary/aromatic N) is 1. The molecule has 30 heavy (non-hydrogen) atoms. The Morgan fingerprint density at radius 3 is 2.37 bits per heavy atom. The summed E-state index contributed by atoms with van der Waals surface area (Å²) in [5.41, 5.74) is 0.0164. The molecule has 1 aromatic heterocycles. The third-order valence-corrected chi connectivity index (χ3v) is 4.17. The Labute approximate surface area is 172 Å². The second-order valence-electron chi connectivity index (χ2n) is 7.75. The van der Waals surface area contributed by atoms with Crippen molar-refractivity contribution in [1.82, 2.24) is 4.57 Å². The highest BCUT2D eigenvalue weighted by atomic mass is 19.1. The van der Waals surface area contributed by atoms with Gasteiger partial charge in [-0.3, -0.25) is 0 Å². The molecule has 0 N–H and O–H groups in total. The van der Waals surface area contributed by atoms with Crippen molar-refractivity contribution >= 4 is 17.0 Å². The zero-order chi connectivity index (χ0) is 22.1. The van der Waals surface area contributed by atoms with Crippen molar-refractivity contribution in [3.63, 3.8) is 0 Å². The molecule has 0 saturated carbocycles. The summed E-state index contributed by atoms with van der Waals surface area (Å²) in [6, 6.07) is 7.02. The van der Waals surface area contributed by atoms with E-state index in [9.17, 15) is 18.0 Å². The van der Waals surface area contributed by atoms with Crippen LogP contribution in [0.25, 0.3) is 10.9 Å². The van der Waals surface area contributed by atoms with Crippen LogP contribution in [0.5, 0.6) is 5.75 Å². The Bertz CT molecular complexity index is 1090. The van der Waals surface area contributed by atoms with Crippen molar-refractivity contribution in [2.75, 3.05) is 7.11 Å². The van der Waals surface area contributed by atoms with Gasteiger partial charge >= 0.3 is 6.09 Å². The van der Waals surface area contributed by atoms with E-state index in [1.54, 1.807) is 26.8 Å². The lowest BCUT2D eigenvalue weighted by molar-refractivity contribution is 0.0528.